The minimum Gasteiger partial charge on any atom is -0.458 e. The number of aliphatic hydroxyl groups excluding tert-OH is 1. The number of hydrogen-bond donors (Lipinski definition) is 1. The summed E-state index contributed by atoms with van der Waals surface area (Å²) in [7, 11) is 0. The second kappa shape index (κ2) is 6.86. The Bertz CT molecular complexity index is 642. The van der Waals surface area contributed by atoms with Crippen LogP contribution in [0.4, 0.5) is 0 Å². The van der Waals surface area contributed by atoms with Crippen molar-refractivity contribution >= 4 is 5.97 Å². The van der Waals surface area contributed by atoms with Gasteiger partial charge in [-0.05, 0) is 35.2 Å². The minimum absolute atomic E-state index is 0.0881. The van der Waals surface area contributed by atoms with Gasteiger partial charge in [0.15, 0.2) is 0 Å². The van der Waals surface area contributed by atoms with Gasteiger partial charge in [-0.25, -0.2) is 4.79 Å². The summed E-state index contributed by atoms with van der Waals surface area (Å²) in [5.74, 6) is -0.473. The molecule has 0 fully saturated rings. The fourth-order valence-electron chi connectivity index (χ4n) is 2.05. The highest BCUT2D eigenvalue weighted by molar-refractivity contribution is 5.81. The Balaban J connectivity index is 2.30. The topological polar surface area (TPSA) is 46.5 Å². The van der Waals surface area contributed by atoms with Crippen LogP contribution in [0.3, 0.4) is 0 Å². The van der Waals surface area contributed by atoms with Crippen LogP contribution in [0.15, 0.2) is 55.1 Å². The molecule has 3 heteroatoms. The second-order valence-corrected chi connectivity index (χ2v) is 4.82. The molecule has 0 aliphatic heterocycles. The van der Waals surface area contributed by atoms with Gasteiger partial charge in [-0.2, -0.15) is 0 Å². The van der Waals surface area contributed by atoms with Crippen LogP contribution in [0.5, 0.6) is 0 Å². The molecule has 0 aliphatic carbocycles. The molecular weight excluding hydrogens is 264 g/mol. The highest BCUT2D eigenvalue weighted by Crippen LogP contribution is 2.24. The molecule has 108 valence electrons. The Morgan fingerprint density at radius 3 is 2.43 bits per heavy atom. The number of carbonyl (C=O) groups is 1. The van der Waals surface area contributed by atoms with E-state index in [2.05, 4.69) is 6.58 Å². The molecule has 0 unspecified atom stereocenters. The quantitative estimate of drug-likeness (QED) is 0.675. The number of benzene rings is 2. The number of aliphatic hydroxyl groups is 1. The smallest absolute Gasteiger partial charge is 0.330 e. The van der Waals surface area contributed by atoms with Gasteiger partial charge < -0.3 is 9.84 Å². The van der Waals surface area contributed by atoms with E-state index in [-0.39, 0.29) is 13.2 Å². The number of rotatable bonds is 5. The first-order chi connectivity index (χ1) is 10.1. The summed E-state index contributed by atoms with van der Waals surface area (Å²) in [4.78, 5) is 11.2. The van der Waals surface area contributed by atoms with Crippen LogP contribution in [0, 0.1) is 6.92 Å². The first-order valence-corrected chi connectivity index (χ1v) is 6.73. The maximum absolute atomic E-state index is 11.2. The third-order valence-electron chi connectivity index (χ3n) is 3.30. The van der Waals surface area contributed by atoms with Crippen molar-refractivity contribution in [2.24, 2.45) is 0 Å². The molecule has 0 bridgehead atoms. The van der Waals surface area contributed by atoms with Crippen molar-refractivity contribution in [3.8, 4) is 11.1 Å². The SMILES string of the molecule is C=CC(=O)OCc1cc(-c2ccc(C)cc2)ccc1CO. The van der Waals surface area contributed by atoms with E-state index in [0.717, 1.165) is 28.3 Å². The largest absolute Gasteiger partial charge is 0.458 e. The lowest BCUT2D eigenvalue weighted by atomic mass is 9.99. The Hall–Kier alpha value is -2.39. The molecule has 0 aromatic heterocycles. The number of esters is 1. The fourth-order valence-corrected chi connectivity index (χ4v) is 2.05. The monoisotopic (exact) mass is 282 g/mol. The Morgan fingerprint density at radius 1 is 1.14 bits per heavy atom. The summed E-state index contributed by atoms with van der Waals surface area (Å²) < 4.78 is 5.06. The molecule has 0 heterocycles. The molecule has 0 saturated heterocycles. The predicted molar refractivity (Wildman–Crippen MR) is 82.5 cm³/mol. The van der Waals surface area contributed by atoms with Crippen LogP contribution in [-0.2, 0) is 22.7 Å². The van der Waals surface area contributed by atoms with E-state index >= 15 is 0 Å². The van der Waals surface area contributed by atoms with Crippen molar-refractivity contribution in [2.75, 3.05) is 0 Å². The molecule has 1 N–H and O–H groups in total. The highest BCUT2D eigenvalue weighted by atomic mass is 16.5. The molecule has 3 nitrogen and oxygen atoms in total. The maximum atomic E-state index is 11.2. The zero-order chi connectivity index (χ0) is 15.2. The van der Waals surface area contributed by atoms with Crippen molar-refractivity contribution in [1.29, 1.82) is 0 Å². The fraction of sp³-hybridized carbons (Fsp3) is 0.167. The summed E-state index contributed by atoms with van der Waals surface area (Å²) in [6.45, 7) is 5.44. The zero-order valence-electron chi connectivity index (χ0n) is 12.0. The van der Waals surface area contributed by atoms with E-state index in [4.69, 9.17) is 4.74 Å². The standard InChI is InChI=1S/C18H18O3/c1-3-18(20)21-12-17-10-15(8-9-16(17)11-19)14-6-4-13(2)5-7-14/h3-10,19H,1,11-12H2,2H3. The Morgan fingerprint density at radius 2 is 1.81 bits per heavy atom. The molecule has 0 saturated carbocycles. The number of ether oxygens (including phenoxy) is 1. The second-order valence-electron chi connectivity index (χ2n) is 4.82. The Labute approximate surface area is 124 Å². The van der Waals surface area contributed by atoms with E-state index in [1.165, 1.54) is 5.56 Å². The lowest BCUT2D eigenvalue weighted by molar-refractivity contribution is -0.139. The van der Waals surface area contributed by atoms with Crippen molar-refractivity contribution in [3.63, 3.8) is 0 Å². The molecule has 0 radical (unpaired) electrons. The first-order valence-electron chi connectivity index (χ1n) is 6.73. The van der Waals surface area contributed by atoms with Crippen LogP contribution < -0.4 is 0 Å². The Kier molecular flexibility index (Phi) is 4.90. The molecule has 2 rings (SSSR count). The van der Waals surface area contributed by atoms with Gasteiger partial charge in [0.1, 0.15) is 6.61 Å². The van der Waals surface area contributed by atoms with E-state index in [1.807, 2.05) is 49.4 Å². The molecular formula is C18H18O3. The molecule has 2 aromatic rings. The van der Waals surface area contributed by atoms with Crippen LogP contribution in [0.25, 0.3) is 11.1 Å². The molecule has 0 aliphatic rings. The average molecular weight is 282 g/mol. The molecule has 0 spiro atoms. The van der Waals surface area contributed by atoms with Crippen molar-refractivity contribution in [2.45, 2.75) is 20.1 Å². The van der Waals surface area contributed by atoms with Gasteiger partial charge in [0.05, 0.1) is 6.61 Å². The average Bonchev–Trinajstić information content (AvgIpc) is 2.53. The zero-order valence-corrected chi connectivity index (χ0v) is 12.0. The third kappa shape index (κ3) is 3.80. The van der Waals surface area contributed by atoms with Gasteiger partial charge in [-0.1, -0.05) is 48.5 Å². The van der Waals surface area contributed by atoms with Crippen LogP contribution in [0.1, 0.15) is 16.7 Å². The van der Waals surface area contributed by atoms with Crippen molar-refractivity contribution in [3.05, 3.63) is 71.8 Å². The van der Waals surface area contributed by atoms with Crippen molar-refractivity contribution in [1.82, 2.24) is 0 Å². The van der Waals surface area contributed by atoms with Crippen LogP contribution in [0.2, 0.25) is 0 Å². The van der Waals surface area contributed by atoms with Gasteiger partial charge in [0, 0.05) is 6.08 Å². The van der Waals surface area contributed by atoms with Crippen LogP contribution >= 0.6 is 0 Å². The normalized spacial score (nSPS) is 10.2. The molecule has 21 heavy (non-hydrogen) atoms. The summed E-state index contributed by atoms with van der Waals surface area (Å²) in [6, 6.07) is 13.9. The number of hydrogen-bond acceptors (Lipinski definition) is 3. The summed E-state index contributed by atoms with van der Waals surface area (Å²) in [6.07, 6.45) is 1.13. The van der Waals surface area contributed by atoms with Crippen molar-refractivity contribution < 1.29 is 14.6 Å². The minimum atomic E-state index is -0.473. The predicted octanol–water partition coefficient (Wildman–Crippen LogP) is 3.38. The maximum Gasteiger partial charge on any atom is 0.330 e. The first kappa shape index (κ1) is 15.0. The summed E-state index contributed by atoms with van der Waals surface area (Å²) in [5, 5.41) is 9.38. The van der Waals surface area contributed by atoms with E-state index in [1.54, 1.807) is 0 Å². The summed E-state index contributed by atoms with van der Waals surface area (Å²) in [5.41, 5.74) is 4.86. The lowest BCUT2D eigenvalue weighted by Crippen LogP contribution is -2.03. The lowest BCUT2D eigenvalue weighted by Gasteiger charge is -2.11. The molecule has 2 aromatic carbocycles. The van der Waals surface area contributed by atoms with Gasteiger partial charge in [0.25, 0.3) is 0 Å². The van der Waals surface area contributed by atoms with E-state index in [9.17, 15) is 9.90 Å². The van der Waals surface area contributed by atoms with Crippen LogP contribution in [-0.4, -0.2) is 11.1 Å². The molecule has 0 atom stereocenters. The third-order valence-corrected chi connectivity index (χ3v) is 3.30. The van der Waals surface area contributed by atoms with Gasteiger partial charge in [-0.15, -0.1) is 0 Å². The van der Waals surface area contributed by atoms with Gasteiger partial charge >= 0.3 is 5.97 Å². The van der Waals surface area contributed by atoms with E-state index in [0.29, 0.717) is 0 Å². The highest BCUT2D eigenvalue weighted by Gasteiger charge is 2.07. The van der Waals surface area contributed by atoms with Gasteiger partial charge in [-0.3, -0.25) is 0 Å². The molecule has 0 amide bonds. The van der Waals surface area contributed by atoms with Gasteiger partial charge in [0.2, 0.25) is 0 Å². The summed E-state index contributed by atoms with van der Waals surface area (Å²) >= 11 is 0. The number of carbonyl (C=O) groups excluding carboxylic acids is 1. The van der Waals surface area contributed by atoms with E-state index < -0.39 is 5.97 Å². The number of aryl methyl sites for hydroxylation is 1.